The Morgan fingerprint density at radius 1 is 1.12 bits per heavy atom. The maximum absolute atomic E-state index is 12.7. The lowest BCUT2D eigenvalue weighted by molar-refractivity contribution is -0.142. The molecule has 3 rings (SSSR count). The van der Waals surface area contributed by atoms with Crippen molar-refractivity contribution in [2.24, 2.45) is 11.8 Å². The van der Waals surface area contributed by atoms with Gasteiger partial charge in [-0.15, -0.1) is 0 Å². The predicted octanol–water partition coefficient (Wildman–Crippen LogP) is 4.05. The zero-order valence-corrected chi connectivity index (χ0v) is 16.4. The molecule has 1 saturated heterocycles. The van der Waals surface area contributed by atoms with Crippen molar-refractivity contribution in [2.45, 2.75) is 12.8 Å². The van der Waals surface area contributed by atoms with E-state index in [4.69, 9.17) is 11.6 Å². The Labute approximate surface area is 165 Å². The number of carboxylic acids is 1. The first-order valence-electron chi connectivity index (χ1n) is 8.43. The molecule has 1 amide bonds. The molecule has 0 saturated carbocycles. The predicted molar refractivity (Wildman–Crippen MR) is 104 cm³/mol. The zero-order valence-electron chi connectivity index (χ0n) is 14.1. The molecule has 1 aliphatic rings. The maximum Gasteiger partial charge on any atom is 0.308 e. The Morgan fingerprint density at radius 3 is 2.50 bits per heavy atom. The van der Waals surface area contributed by atoms with E-state index in [1.807, 2.05) is 42.5 Å². The normalized spacial score (nSPS) is 19.5. The fourth-order valence-corrected chi connectivity index (χ4v) is 4.30. The molecular weight excluding hydrogens is 418 g/mol. The van der Waals surface area contributed by atoms with Crippen LogP contribution < -0.4 is 0 Å². The molecule has 1 heterocycles. The van der Waals surface area contributed by atoms with Gasteiger partial charge >= 0.3 is 5.97 Å². The molecule has 1 N–H and O–H groups in total. The summed E-state index contributed by atoms with van der Waals surface area (Å²) >= 11 is 9.63. The highest BCUT2D eigenvalue weighted by molar-refractivity contribution is 9.10. The van der Waals surface area contributed by atoms with E-state index in [9.17, 15) is 14.7 Å². The summed E-state index contributed by atoms with van der Waals surface area (Å²) in [5.74, 6) is -1.58. The lowest BCUT2D eigenvalue weighted by Crippen LogP contribution is -2.31. The summed E-state index contributed by atoms with van der Waals surface area (Å²) in [5, 5.41) is 10.1. The third kappa shape index (κ3) is 4.27. The smallest absolute Gasteiger partial charge is 0.308 e. The van der Waals surface area contributed by atoms with Crippen molar-refractivity contribution < 1.29 is 14.7 Å². The largest absolute Gasteiger partial charge is 0.481 e. The van der Waals surface area contributed by atoms with Crippen LogP contribution >= 0.6 is 27.5 Å². The number of likely N-dealkylation sites (tertiary alicyclic amines) is 1. The minimum Gasteiger partial charge on any atom is -0.481 e. The molecule has 6 heteroatoms. The van der Waals surface area contributed by atoms with Crippen LogP contribution in [0.4, 0.5) is 0 Å². The first-order chi connectivity index (χ1) is 12.5. The second-order valence-electron chi connectivity index (χ2n) is 6.57. The van der Waals surface area contributed by atoms with Crippen LogP contribution in [0.1, 0.15) is 11.1 Å². The van der Waals surface area contributed by atoms with Gasteiger partial charge in [0.2, 0.25) is 5.91 Å². The SMILES string of the molecule is O=C(O)[C@@H]1CN(C(=O)Cc2c(Cl)cccc2Br)C[C@H]1Cc1ccccc1. The van der Waals surface area contributed by atoms with Gasteiger partial charge in [-0.05, 0) is 35.6 Å². The fourth-order valence-electron chi connectivity index (χ4n) is 3.44. The van der Waals surface area contributed by atoms with Crippen molar-refractivity contribution in [1.29, 1.82) is 0 Å². The lowest BCUT2D eigenvalue weighted by Gasteiger charge is -2.17. The first-order valence-corrected chi connectivity index (χ1v) is 9.60. The van der Waals surface area contributed by atoms with E-state index in [2.05, 4.69) is 15.9 Å². The number of carbonyl (C=O) groups is 2. The molecule has 0 radical (unpaired) electrons. The zero-order chi connectivity index (χ0) is 18.7. The topological polar surface area (TPSA) is 57.6 Å². The summed E-state index contributed by atoms with van der Waals surface area (Å²) < 4.78 is 0.785. The molecule has 0 unspecified atom stereocenters. The van der Waals surface area contributed by atoms with Gasteiger partial charge < -0.3 is 10.0 Å². The van der Waals surface area contributed by atoms with Gasteiger partial charge in [-0.25, -0.2) is 0 Å². The average molecular weight is 437 g/mol. The molecule has 136 valence electrons. The second-order valence-corrected chi connectivity index (χ2v) is 7.83. The number of rotatable bonds is 5. The average Bonchev–Trinajstić information content (AvgIpc) is 3.03. The van der Waals surface area contributed by atoms with Crippen LogP contribution in [0.25, 0.3) is 0 Å². The Balaban J connectivity index is 1.72. The highest BCUT2D eigenvalue weighted by Gasteiger charge is 2.39. The molecule has 2 atom stereocenters. The summed E-state index contributed by atoms with van der Waals surface area (Å²) in [6.07, 6.45) is 0.808. The van der Waals surface area contributed by atoms with Crippen molar-refractivity contribution in [2.75, 3.05) is 13.1 Å². The van der Waals surface area contributed by atoms with Crippen molar-refractivity contribution >= 4 is 39.4 Å². The maximum atomic E-state index is 12.7. The molecule has 2 aromatic carbocycles. The highest BCUT2D eigenvalue weighted by atomic mass is 79.9. The number of hydrogen-bond donors (Lipinski definition) is 1. The molecule has 1 fully saturated rings. The first kappa shape index (κ1) is 18.9. The Kier molecular flexibility index (Phi) is 5.99. The number of aliphatic carboxylic acids is 1. The molecule has 4 nitrogen and oxygen atoms in total. The van der Waals surface area contributed by atoms with Crippen molar-refractivity contribution in [1.82, 2.24) is 4.90 Å². The minimum atomic E-state index is -0.847. The van der Waals surface area contributed by atoms with Crippen LogP contribution in [-0.2, 0) is 22.4 Å². The molecule has 0 aromatic heterocycles. The summed E-state index contributed by atoms with van der Waals surface area (Å²) in [5.41, 5.74) is 1.82. The highest BCUT2D eigenvalue weighted by Crippen LogP contribution is 2.30. The van der Waals surface area contributed by atoms with Crippen LogP contribution in [0.3, 0.4) is 0 Å². The third-order valence-corrected chi connectivity index (χ3v) is 5.94. The van der Waals surface area contributed by atoms with E-state index in [0.29, 0.717) is 18.0 Å². The number of benzene rings is 2. The summed E-state index contributed by atoms with van der Waals surface area (Å²) in [4.78, 5) is 26.1. The number of nitrogens with zero attached hydrogens (tertiary/aromatic N) is 1. The van der Waals surface area contributed by atoms with Crippen LogP contribution in [0.15, 0.2) is 53.0 Å². The number of hydrogen-bond acceptors (Lipinski definition) is 2. The van der Waals surface area contributed by atoms with Gasteiger partial charge in [-0.1, -0.05) is 63.9 Å². The Hall–Kier alpha value is -1.85. The third-order valence-electron chi connectivity index (χ3n) is 4.84. The number of halogens is 2. The molecule has 2 aromatic rings. The van der Waals surface area contributed by atoms with Crippen LogP contribution in [0, 0.1) is 11.8 Å². The van der Waals surface area contributed by atoms with E-state index in [-0.39, 0.29) is 24.8 Å². The Morgan fingerprint density at radius 2 is 1.85 bits per heavy atom. The summed E-state index contributed by atoms with van der Waals surface area (Å²) in [7, 11) is 0. The number of carboxylic acid groups (broad SMARTS) is 1. The van der Waals surface area contributed by atoms with E-state index < -0.39 is 11.9 Å². The molecular formula is C20H19BrClNO3. The standard InChI is InChI=1S/C20H19BrClNO3/c21-17-7-4-8-18(22)15(17)10-19(24)23-11-14(16(12-23)20(25)26)9-13-5-2-1-3-6-13/h1-8,14,16H,9-12H2,(H,25,26)/t14-,16-/m1/s1. The van der Waals surface area contributed by atoms with Crippen LogP contribution in [0.5, 0.6) is 0 Å². The van der Waals surface area contributed by atoms with E-state index in [1.165, 1.54) is 0 Å². The van der Waals surface area contributed by atoms with Crippen molar-refractivity contribution in [3.8, 4) is 0 Å². The molecule has 26 heavy (non-hydrogen) atoms. The van der Waals surface area contributed by atoms with Crippen molar-refractivity contribution in [3.05, 3.63) is 69.2 Å². The van der Waals surface area contributed by atoms with E-state index in [0.717, 1.165) is 15.6 Å². The van der Waals surface area contributed by atoms with Crippen molar-refractivity contribution in [3.63, 3.8) is 0 Å². The van der Waals surface area contributed by atoms with Crippen LogP contribution in [0.2, 0.25) is 5.02 Å². The van der Waals surface area contributed by atoms with Gasteiger partial charge in [0.25, 0.3) is 0 Å². The van der Waals surface area contributed by atoms with E-state index in [1.54, 1.807) is 11.0 Å². The minimum absolute atomic E-state index is 0.0893. The summed E-state index contributed by atoms with van der Waals surface area (Å²) in [6.45, 7) is 0.695. The second kappa shape index (κ2) is 8.23. The summed E-state index contributed by atoms with van der Waals surface area (Å²) in [6, 6.07) is 15.2. The molecule has 0 bridgehead atoms. The fraction of sp³-hybridized carbons (Fsp3) is 0.300. The quantitative estimate of drug-likeness (QED) is 0.769. The van der Waals surface area contributed by atoms with Gasteiger partial charge in [0, 0.05) is 22.6 Å². The molecule has 0 spiro atoms. The van der Waals surface area contributed by atoms with Crippen LogP contribution in [-0.4, -0.2) is 35.0 Å². The molecule has 1 aliphatic heterocycles. The Bertz CT molecular complexity index is 792. The van der Waals surface area contributed by atoms with Gasteiger partial charge in [0.15, 0.2) is 0 Å². The number of carbonyl (C=O) groups excluding carboxylic acids is 1. The molecule has 0 aliphatic carbocycles. The van der Waals surface area contributed by atoms with E-state index >= 15 is 0 Å². The van der Waals surface area contributed by atoms with Gasteiger partial charge in [0.1, 0.15) is 0 Å². The number of amides is 1. The van der Waals surface area contributed by atoms with Gasteiger partial charge in [-0.3, -0.25) is 9.59 Å². The van der Waals surface area contributed by atoms with Gasteiger partial charge in [0.05, 0.1) is 12.3 Å². The van der Waals surface area contributed by atoms with Gasteiger partial charge in [-0.2, -0.15) is 0 Å². The monoisotopic (exact) mass is 435 g/mol. The lowest BCUT2D eigenvalue weighted by atomic mass is 9.90.